The molecule has 0 aromatic heterocycles. The van der Waals surface area contributed by atoms with Gasteiger partial charge in [0.1, 0.15) is 0 Å². The van der Waals surface area contributed by atoms with Crippen molar-refractivity contribution in [2.45, 2.75) is 26.7 Å². The van der Waals surface area contributed by atoms with Crippen molar-refractivity contribution < 1.29 is 4.79 Å². The molecule has 1 aliphatic rings. The SMILES string of the molecule is Cc1ccc(Br)cc1C(=O)NCC1(C)CC1. The van der Waals surface area contributed by atoms with E-state index in [-0.39, 0.29) is 5.91 Å². The predicted octanol–water partition coefficient (Wildman–Crippen LogP) is 3.29. The van der Waals surface area contributed by atoms with E-state index in [0.29, 0.717) is 5.41 Å². The quantitative estimate of drug-likeness (QED) is 0.905. The molecular formula is C13H16BrNO. The van der Waals surface area contributed by atoms with Crippen LogP contribution in [-0.4, -0.2) is 12.5 Å². The van der Waals surface area contributed by atoms with E-state index in [1.807, 2.05) is 25.1 Å². The second-order valence-corrected chi connectivity index (χ2v) is 5.87. The van der Waals surface area contributed by atoms with E-state index < -0.39 is 0 Å². The molecular weight excluding hydrogens is 266 g/mol. The van der Waals surface area contributed by atoms with Gasteiger partial charge in [-0.15, -0.1) is 0 Å². The van der Waals surface area contributed by atoms with Crippen LogP contribution in [0.15, 0.2) is 22.7 Å². The molecule has 0 unspecified atom stereocenters. The number of benzene rings is 1. The maximum Gasteiger partial charge on any atom is 0.251 e. The smallest absolute Gasteiger partial charge is 0.251 e. The minimum Gasteiger partial charge on any atom is -0.351 e. The summed E-state index contributed by atoms with van der Waals surface area (Å²) in [7, 11) is 0. The summed E-state index contributed by atoms with van der Waals surface area (Å²) in [6.07, 6.45) is 2.45. The number of hydrogen-bond acceptors (Lipinski definition) is 1. The van der Waals surface area contributed by atoms with Gasteiger partial charge in [-0.05, 0) is 42.9 Å². The Kier molecular flexibility index (Phi) is 3.06. The molecule has 1 aromatic carbocycles. The highest BCUT2D eigenvalue weighted by Crippen LogP contribution is 2.44. The van der Waals surface area contributed by atoms with Crippen LogP contribution in [0.5, 0.6) is 0 Å². The molecule has 0 bridgehead atoms. The molecule has 0 spiro atoms. The Morgan fingerprint density at radius 2 is 2.19 bits per heavy atom. The molecule has 0 radical (unpaired) electrons. The first-order valence-electron chi connectivity index (χ1n) is 5.55. The third kappa shape index (κ3) is 2.64. The summed E-state index contributed by atoms with van der Waals surface area (Å²) in [5.74, 6) is 0.0342. The van der Waals surface area contributed by atoms with Crippen molar-refractivity contribution in [2.24, 2.45) is 5.41 Å². The fraction of sp³-hybridized carbons (Fsp3) is 0.462. The molecule has 1 amide bonds. The Balaban J connectivity index is 2.05. The van der Waals surface area contributed by atoms with Crippen molar-refractivity contribution in [3.8, 4) is 0 Å². The van der Waals surface area contributed by atoms with Crippen LogP contribution in [0.3, 0.4) is 0 Å². The summed E-state index contributed by atoms with van der Waals surface area (Å²) in [5, 5.41) is 3.01. The molecule has 1 fully saturated rings. The van der Waals surface area contributed by atoms with Crippen LogP contribution >= 0.6 is 15.9 Å². The normalized spacial score (nSPS) is 16.9. The topological polar surface area (TPSA) is 29.1 Å². The number of hydrogen-bond donors (Lipinski definition) is 1. The number of nitrogens with one attached hydrogen (secondary N) is 1. The predicted molar refractivity (Wildman–Crippen MR) is 68.6 cm³/mol. The number of halogens is 1. The summed E-state index contributed by atoms with van der Waals surface area (Å²) < 4.78 is 0.945. The van der Waals surface area contributed by atoms with E-state index in [1.165, 1.54) is 12.8 Å². The van der Waals surface area contributed by atoms with E-state index in [4.69, 9.17) is 0 Å². The number of carbonyl (C=O) groups is 1. The summed E-state index contributed by atoms with van der Waals surface area (Å²) in [6.45, 7) is 4.96. The molecule has 16 heavy (non-hydrogen) atoms. The van der Waals surface area contributed by atoms with Crippen molar-refractivity contribution in [1.82, 2.24) is 5.32 Å². The minimum atomic E-state index is 0.0342. The van der Waals surface area contributed by atoms with Gasteiger partial charge in [0.15, 0.2) is 0 Å². The Bertz CT molecular complexity index is 424. The van der Waals surface area contributed by atoms with E-state index in [0.717, 1.165) is 22.1 Å². The van der Waals surface area contributed by atoms with Crippen LogP contribution in [0.4, 0.5) is 0 Å². The van der Waals surface area contributed by atoms with Gasteiger partial charge in [-0.2, -0.15) is 0 Å². The fourth-order valence-electron chi connectivity index (χ4n) is 1.62. The molecule has 86 valence electrons. The fourth-order valence-corrected chi connectivity index (χ4v) is 1.98. The second kappa shape index (κ2) is 4.21. The monoisotopic (exact) mass is 281 g/mol. The minimum absolute atomic E-state index is 0.0342. The third-order valence-corrected chi connectivity index (χ3v) is 3.72. The van der Waals surface area contributed by atoms with Crippen molar-refractivity contribution in [3.05, 3.63) is 33.8 Å². The lowest BCUT2D eigenvalue weighted by Gasteiger charge is -2.11. The Morgan fingerprint density at radius 1 is 1.50 bits per heavy atom. The van der Waals surface area contributed by atoms with Crippen LogP contribution in [0.25, 0.3) is 0 Å². The van der Waals surface area contributed by atoms with Gasteiger partial charge in [0.2, 0.25) is 0 Å². The van der Waals surface area contributed by atoms with Crippen molar-refractivity contribution in [2.75, 3.05) is 6.54 Å². The van der Waals surface area contributed by atoms with Crippen LogP contribution in [0.2, 0.25) is 0 Å². The number of rotatable bonds is 3. The first kappa shape index (κ1) is 11.6. The molecule has 0 heterocycles. The molecule has 3 heteroatoms. The zero-order chi connectivity index (χ0) is 11.8. The van der Waals surface area contributed by atoms with E-state index in [1.54, 1.807) is 0 Å². The maximum absolute atomic E-state index is 12.0. The van der Waals surface area contributed by atoms with Crippen molar-refractivity contribution in [3.63, 3.8) is 0 Å². The molecule has 0 saturated heterocycles. The average molecular weight is 282 g/mol. The summed E-state index contributed by atoms with van der Waals surface area (Å²) in [4.78, 5) is 12.0. The van der Waals surface area contributed by atoms with Gasteiger partial charge in [-0.3, -0.25) is 4.79 Å². The zero-order valence-electron chi connectivity index (χ0n) is 9.64. The highest BCUT2D eigenvalue weighted by Gasteiger charge is 2.37. The van der Waals surface area contributed by atoms with Crippen LogP contribution in [0.1, 0.15) is 35.7 Å². The zero-order valence-corrected chi connectivity index (χ0v) is 11.2. The lowest BCUT2D eigenvalue weighted by atomic mass is 10.1. The van der Waals surface area contributed by atoms with Gasteiger partial charge in [0, 0.05) is 16.6 Å². The van der Waals surface area contributed by atoms with Gasteiger partial charge < -0.3 is 5.32 Å². The van der Waals surface area contributed by atoms with E-state index in [9.17, 15) is 4.79 Å². The van der Waals surface area contributed by atoms with Crippen LogP contribution in [0, 0.1) is 12.3 Å². The van der Waals surface area contributed by atoms with Crippen molar-refractivity contribution >= 4 is 21.8 Å². The van der Waals surface area contributed by atoms with E-state index in [2.05, 4.69) is 28.2 Å². The van der Waals surface area contributed by atoms with Gasteiger partial charge >= 0.3 is 0 Å². The lowest BCUT2D eigenvalue weighted by Crippen LogP contribution is -2.29. The second-order valence-electron chi connectivity index (χ2n) is 4.95. The molecule has 0 atom stereocenters. The maximum atomic E-state index is 12.0. The first-order valence-corrected chi connectivity index (χ1v) is 6.34. The van der Waals surface area contributed by atoms with Crippen LogP contribution in [-0.2, 0) is 0 Å². The number of aryl methyl sites for hydroxylation is 1. The Labute approximate surface area is 105 Å². The summed E-state index contributed by atoms with van der Waals surface area (Å²) in [6, 6.07) is 5.78. The molecule has 2 rings (SSSR count). The lowest BCUT2D eigenvalue weighted by molar-refractivity contribution is 0.0945. The highest BCUT2D eigenvalue weighted by molar-refractivity contribution is 9.10. The Hall–Kier alpha value is -0.830. The third-order valence-electron chi connectivity index (χ3n) is 3.22. The largest absolute Gasteiger partial charge is 0.351 e. The average Bonchev–Trinajstić information content (AvgIpc) is 2.97. The standard InChI is InChI=1S/C13H16BrNO/c1-9-3-4-10(14)7-11(9)12(16)15-8-13(2)5-6-13/h3-4,7H,5-6,8H2,1-2H3,(H,15,16). The van der Waals surface area contributed by atoms with Crippen molar-refractivity contribution in [1.29, 1.82) is 0 Å². The summed E-state index contributed by atoms with van der Waals surface area (Å²) >= 11 is 3.39. The van der Waals surface area contributed by atoms with Gasteiger partial charge in [-0.1, -0.05) is 28.9 Å². The molecule has 0 aliphatic heterocycles. The molecule has 2 nitrogen and oxygen atoms in total. The number of amides is 1. The molecule has 1 saturated carbocycles. The first-order chi connectivity index (χ1) is 7.50. The number of carbonyl (C=O) groups excluding carboxylic acids is 1. The van der Waals surface area contributed by atoms with Gasteiger partial charge in [-0.25, -0.2) is 0 Å². The van der Waals surface area contributed by atoms with E-state index >= 15 is 0 Å². The molecule has 1 aromatic rings. The van der Waals surface area contributed by atoms with Gasteiger partial charge in [0.05, 0.1) is 0 Å². The van der Waals surface area contributed by atoms with Crippen LogP contribution < -0.4 is 5.32 Å². The Morgan fingerprint density at radius 3 is 2.81 bits per heavy atom. The highest BCUT2D eigenvalue weighted by atomic mass is 79.9. The van der Waals surface area contributed by atoms with Gasteiger partial charge in [0.25, 0.3) is 5.91 Å². The molecule has 1 aliphatic carbocycles. The molecule has 1 N–H and O–H groups in total. The summed E-state index contributed by atoms with van der Waals surface area (Å²) in [5.41, 5.74) is 2.13.